The number of nitriles is 1. The molecule has 2 rings (SSSR count). The van der Waals surface area contributed by atoms with E-state index >= 15 is 0 Å². The molecule has 1 aliphatic rings. The molecular formula is C18H26N4O2. The fourth-order valence-electron chi connectivity index (χ4n) is 2.80. The van der Waals surface area contributed by atoms with Crippen molar-refractivity contribution in [2.75, 3.05) is 36.8 Å². The van der Waals surface area contributed by atoms with Gasteiger partial charge in [0.2, 0.25) is 0 Å². The zero-order valence-corrected chi connectivity index (χ0v) is 14.9. The van der Waals surface area contributed by atoms with Gasteiger partial charge in [-0.1, -0.05) is 6.92 Å². The van der Waals surface area contributed by atoms with Gasteiger partial charge in [0.1, 0.15) is 11.7 Å². The zero-order valence-electron chi connectivity index (χ0n) is 14.9. The van der Waals surface area contributed by atoms with Gasteiger partial charge in [-0.15, -0.1) is 0 Å². The zero-order chi connectivity index (χ0) is 17.9. The van der Waals surface area contributed by atoms with Gasteiger partial charge in [-0.3, -0.25) is 0 Å². The lowest BCUT2D eigenvalue weighted by atomic mass is 10.1. The molecule has 1 atom stereocenters. The van der Waals surface area contributed by atoms with Crippen LogP contribution in [0.15, 0.2) is 18.2 Å². The Balaban J connectivity index is 2.12. The van der Waals surface area contributed by atoms with Crippen LogP contribution in [0.25, 0.3) is 0 Å². The lowest BCUT2D eigenvalue weighted by molar-refractivity contribution is 0.0245. The van der Waals surface area contributed by atoms with Gasteiger partial charge < -0.3 is 20.3 Å². The lowest BCUT2D eigenvalue weighted by Crippen LogP contribution is -2.39. The second-order valence-corrected chi connectivity index (χ2v) is 7.36. The molecule has 0 saturated carbocycles. The van der Waals surface area contributed by atoms with Gasteiger partial charge in [-0.25, -0.2) is 4.79 Å². The van der Waals surface area contributed by atoms with Crippen molar-refractivity contribution >= 4 is 17.5 Å². The molecule has 2 N–H and O–H groups in total. The molecular weight excluding hydrogens is 304 g/mol. The summed E-state index contributed by atoms with van der Waals surface area (Å²) in [5, 5.41) is 9.15. The highest BCUT2D eigenvalue weighted by molar-refractivity contribution is 5.68. The predicted molar refractivity (Wildman–Crippen MR) is 94.8 cm³/mol. The van der Waals surface area contributed by atoms with Gasteiger partial charge in [-0.2, -0.15) is 5.26 Å². The number of nitrogens with zero attached hydrogens (tertiary/aromatic N) is 3. The first-order valence-corrected chi connectivity index (χ1v) is 8.22. The molecule has 24 heavy (non-hydrogen) atoms. The summed E-state index contributed by atoms with van der Waals surface area (Å²) >= 11 is 0. The molecule has 1 aromatic rings. The molecule has 0 spiro atoms. The Kier molecular flexibility index (Phi) is 5.23. The van der Waals surface area contributed by atoms with Gasteiger partial charge in [0.05, 0.1) is 5.56 Å². The number of nitrogens with two attached hydrogens (primary N) is 1. The minimum atomic E-state index is -0.495. The van der Waals surface area contributed by atoms with Crippen molar-refractivity contribution < 1.29 is 9.53 Å². The van der Waals surface area contributed by atoms with E-state index in [4.69, 9.17) is 15.7 Å². The Bertz CT molecular complexity index is 645. The second-order valence-electron chi connectivity index (χ2n) is 7.36. The summed E-state index contributed by atoms with van der Waals surface area (Å²) in [6.45, 7) is 10.5. The van der Waals surface area contributed by atoms with Crippen LogP contribution in [0.5, 0.6) is 0 Å². The lowest BCUT2D eigenvalue weighted by Gasteiger charge is -2.27. The molecule has 1 saturated heterocycles. The number of ether oxygens (including phenoxy) is 1. The van der Waals surface area contributed by atoms with Crippen molar-refractivity contribution in [1.82, 2.24) is 4.90 Å². The molecule has 6 nitrogen and oxygen atoms in total. The molecule has 0 bridgehead atoms. The first kappa shape index (κ1) is 17.9. The van der Waals surface area contributed by atoms with Crippen molar-refractivity contribution in [3.05, 3.63) is 23.8 Å². The Hall–Kier alpha value is -2.42. The third-order valence-corrected chi connectivity index (χ3v) is 3.88. The Labute approximate surface area is 143 Å². The molecule has 6 heteroatoms. The molecule has 1 fully saturated rings. The number of benzene rings is 1. The molecule has 1 aliphatic heterocycles. The van der Waals surface area contributed by atoms with Gasteiger partial charge >= 0.3 is 6.09 Å². The van der Waals surface area contributed by atoms with Crippen LogP contribution in [0, 0.1) is 17.2 Å². The largest absolute Gasteiger partial charge is 0.444 e. The number of carbonyl (C=O) groups excluding carboxylic acids is 1. The number of nitrogen functional groups attached to an aromatic ring is 1. The van der Waals surface area contributed by atoms with Crippen molar-refractivity contribution in [3.8, 4) is 6.07 Å². The quantitative estimate of drug-likeness (QED) is 0.801. The highest BCUT2D eigenvalue weighted by Gasteiger charge is 2.27. The van der Waals surface area contributed by atoms with E-state index in [-0.39, 0.29) is 6.09 Å². The topological polar surface area (TPSA) is 82.6 Å². The molecule has 1 amide bonds. The average molecular weight is 330 g/mol. The number of hydrogen-bond donors (Lipinski definition) is 1. The molecule has 1 heterocycles. The molecule has 0 aromatic heterocycles. The summed E-state index contributed by atoms with van der Waals surface area (Å²) in [6.07, 6.45) is -0.272. The summed E-state index contributed by atoms with van der Waals surface area (Å²) in [6, 6.07) is 7.61. The Morgan fingerprint density at radius 2 is 2.04 bits per heavy atom. The van der Waals surface area contributed by atoms with E-state index in [1.54, 1.807) is 11.0 Å². The Morgan fingerprint density at radius 1 is 1.33 bits per heavy atom. The monoisotopic (exact) mass is 330 g/mol. The normalized spacial score (nSPS) is 18.7. The highest BCUT2D eigenvalue weighted by Crippen LogP contribution is 2.23. The van der Waals surface area contributed by atoms with Crippen molar-refractivity contribution in [1.29, 1.82) is 5.26 Å². The maximum Gasteiger partial charge on any atom is 0.410 e. The fraction of sp³-hybridized carbons (Fsp3) is 0.556. The van der Waals surface area contributed by atoms with Crippen LogP contribution in [-0.4, -0.2) is 42.8 Å². The highest BCUT2D eigenvalue weighted by atomic mass is 16.6. The van der Waals surface area contributed by atoms with Gasteiger partial charge in [0, 0.05) is 37.6 Å². The van der Waals surface area contributed by atoms with E-state index in [0.29, 0.717) is 36.8 Å². The predicted octanol–water partition coefficient (Wildman–Crippen LogP) is 2.83. The first-order chi connectivity index (χ1) is 11.2. The van der Waals surface area contributed by atoms with Crippen molar-refractivity contribution in [2.24, 2.45) is 5.92 Å². The minimum absolute atomic E-state index is 0.272. The second kappa shape index (κ2) is 7.00. The molecule has 1 unspecified atom stereocenters. The van der Waals surface area contributed by atoms with Gasteiger partial charge in [-0.05, 0) is 44.9 Å². The van der Waals surface area contributed by atoms with Crippen LogP contribution in [0.2, 0.25) is 0 Å². The first-order valence-electron chi connectivity index (χ1n) is 8.22. The van der Waals surface area contributed by atoms with E-state index in [2.05, 4.69) is 17.9 Å². The van der Waals surface area contributed by atoms with E-state index < -0.39 is 5.60 Å². The summed E-state index contributed by atoms with van der Waals surface area (Å²) in [4.78, 5) is 16.3. The van der Waals surface area contributed by atoms with E-state index in [1.807, 2.05) is 32.9 Å². The van der Waals surface area contributed by atoms with Crippen molar-refractivity contribution in [2.45, 2.75) is 33.3 Å². The van der Waals surface area contributed by atoms with Gasteiger partial charge in [0.15, 0.2) is 0 Å². The minimum Gasteiger partial charge on any atom is -0.444 e. The Morgan fingerprint density at radius 3 is 2.67 bits per heavy atom. The summed E-state index contributed by atoms with van der Waals surface area (Å²) in [5.74, 6) is 0.295. The summed E-state index contributed by atoms with van der Waals surface area (Å²) in [7, 11) is 0. The van der Waals surface area contributed by atoms with Gasteiger partial charge in [0.25, 0.3) is 0 Å². The third-order valence-electron chi connectivity index (χ3n) is 3.88. The number of rotatable bonds is 1. The third kappa shape index (κ3) is 4.54. The maximum atomic E-state index is 12.3. The average Bonchev–Trinajstić information content (AvgIpc) is 2.68. The van der Waals surface area contributed by atoms with Crippen LogP contribution in [-0.2, 0) is 4.74 Å². The number of carbonyl (C=O) groups is 1. The van der Waals surface area contributed by atoms with E-state index in [1.165, 1.54) is 0 Å². The molecule has 1 aromatic carbocycles. The van der Waals surface area contributed by atoms with Crippen LogP contribution >= 0.6 is 0 Å². The summed E-state index contributed by atoms with van der Waals surface area (Å²) in [5.41, 5.74) is 7.23. The summed E-state index contributed by atoms with van der Waals surface area (Å²) < 4.78 is 5.48. The van der Waals surface area contributed by atoms with Crippen LogP contribution in [0.4, 0.5) is 16.2 Å². The standard InChI is InChI=1S/C18H26N4O2/c1-13-11-21(15-5-6-16(20)14(9-15)10-19)7-8-22(12-13)17(23)24-18(2,3)4/h5-6,9,13H,7-8,11-12,20H2,1-4H3. The SMILES string of the molecule is CC1CN(C(=O)OC(C)(C)C)CCN(c2ccc(N)c(C#N)c2)C1. The molecule has 0 aliphatic carbocycles. The molecule has 0 radical (unpaired) electrons. The number of anilines is 2. The maximum absolute atomic E-state index is 12.3. The van der Waals surface area contributed by atoms with Crippen LogP contribution in [0.3, 0.4) is 0 Å². The fourth-order valence-corrected chi connectivity index (χ4v) is 2.80. The van der Waals surface area contributed by atoms with E-state index in [9.17, 15) is 4.79 Å². The van der Waals surface area contributed by atoms with E-state index in [0.717, 1.165) is 12.2 Å². The molecule has 130 valence electrons. The van der Waals surface area contributed by atoms with Crippen molar-refractivity contribution in [3.63, 3.8) is 0 Å². The smallest absolute Gasteiger partial charge is 0.410 e. The van der Waals surface area contributed by atoms with Crippen LogP contribution in [0.1, 0.15) is 33.3 Å². The number of amides is 1. The van der Waals surface area contributed by atoms with Crippen LogP contribution < -0.4 is 10.6 Å². The number of hydrogen-bond acceptors (Lipinski definition) is 5.